The number of anilines is 1. The first kappa shape index (κ1) is 60.0. The molecule has 2 aliphatic rings. The summed E-state index contributed by atoms with van der Waals surface area (Å²) in [4.78, 5) is 71.0. The van der Waals surface area contributed by atoms with Gasteiger partial charge < -0.3 is 56.1 Å². The van der Waals surface area contributed by atoms with Crippen LogP contribution in [0.25, 0.3) is 0 Å². The molecule has 0 spiro atoms. The van der Waals surface area contributed by atoms with Gasteiger partial charge in [0.2, 0.25) is 17.7 Å². The van der Waals surface area contributed by atoms with Gasteiger partial charge in [-0.05, 0) is 66.9 Å². The van der Waals surface area contributed by atoms with Crippen LogP contribution in [-0.4, -0.2) is 110 Å². The van der Waals surface area contributed by atoms with Crippen LogP contribution in [0.3, 0.4) is 0 Å². The molecular weight excluding hydrogens is 837 g/mol. The molecule has 63 heavy (non-hydrogen) atoms. The number of allylic oxidation sites excluding steroid dienone is 1. The van der Waals surface area contributed by atoms with E-state index in [1.807, 2.05) is 27.7 Å². The quantitative estimate of drug-likeness (QED) is 0.0520. The molecule has 0 radical (unpaired) electrons. The SMILES string of the molecule is C=C1C=CC(=O)N1C/C(N)=C/NCCCS(=O)O.CC.CC.CC(=O)NC(C(=O)NCC(=O)Nc1ccc(COC=O)c(CCC2CC(O)CC(C(=O)O)O2)c1)C(C)C.CC(C)C. The van der Waals surface area contributed by atoms with Gasteiger partial charge in [0, 0.05) is 49.2 Å². The molecule has 3 rings (SSSR count). The minimum absolute atomic E-state index is 0.00869. The summed E-state index contributed by atoms with van der Waals surface area (Å²) in [6.07, 6.45) is 4.07. The van der Waals surface area contributed by atoms with E-state index in [1.165, 1.54) is 17.9 Å². The summed E-state index contributed by atoms with van der Waals surface area (Å²) in [7, 11) is 0. The van der Waals surface area contributed by atoms with Crippen LogP contribution in [0.15, 0.2) is 54.5 Å². The molecule has 0 saturated carbocycles. The highest BCUT2D eigenvalue weighted by Crippen LogP contribution is 2.26. The second-order valence-corrected chi connectivity index (χ2v) is 15.9. The van der Waals surface area contributed by atoms with Crippen molar-refractivity contribution < 1.29 is 57.2 Å². The fourth-order valence-electron chi connectivity index (χ4n) is 5.49. The first-order valence-corrected chi connectivity index (χ1v) is 22.5. The maximum atomic E-state index is 12.5. The average molecular weight is 911 g/mol. The second-order valence-electron chi connectivity index (χ2n) is 14.9. The van der Waals surface area contributed by atoms with E-state index >= 15 is 0 Å². The molecule has 5 unspecified atom stereocenters. The Labute approximate surface area is 376 Å². The van der Waals surface area contributed by atoms with E-state index in [9.17, 15) is 43.2 Å². The number of nitrogens with one attached hydrogen (secondary N) is 4. The second kappa shape index (κ2) is 34.4. The summed E-state index contributed by atoms with van der Waals surface area (Å²) in [6, 6.07) is 4.25. The van der Waals surface area contributed by atoms with Crippen LogP contribution in [0.4, 0.5) is 5.69 Å². The fourth-order valence-corrected chi connectivity index (χ4v) is 5.88. The van der Waals surface area contributed by atoms with Crippen LogP contribution in [0.1, 0.15) is 106 Å². The van der Waals surface area contributed by atoms with E-state index < -0.39 is 53.2 Å². The smallest absolute Gasteiger partial charge is 0.332 e. The Kier molecular flexibility index (Phi) is 32.7. The number of aliphatic carboxylic acids is 1. The van der Waals surface area contributed by atoms with Crippen LogP contribution in [0.5, 0.6) is 0 Å². The van der Waals surface area contributed by atoms with E-state index in [2.05, 4.69) is 48.6 Å². The summed E-state index contributed by atoms with van der Waals surface area (Å²) in [5.41, 5.74) is 8.74. The number of carboxylic acids is 1. The van der Waals surface area contributed by atoms with Gasteiger partial charge in [0.25, 0.3) is 12.4 Å². The van der Waals surface area contributed by atoms with E-state index in [4.69, 9.17) is 19.8 Å². The van der Waals surface area contributed by atoms with Crippen molar-refractivity contribution in [3.63, 3.8) is 0 Å². The van der Waals surface area contributed by atoms with Gasteiger partial charge in [0.05, 0.1) is 31.1 Å². The molecule has 4 amide bonds. The van der Waals surface area contributed by atoms with E-state index in [0.29, 0.717) is 61.3 Å². The molecule has 0 aromatic heterocycles. The number of aryl methyl sites for hydroxylation is 1. The molecule has 358 valence electrons. The lowest BCUT2D eigenvalue weighted by molar-refractivity contribution is -0.166. The Hall–Kier alpha value is -5.11. The van der Waals surface area contributed by atoms with E-state index in [-0.39, 0.29) is 49.6 Å². The summed E-state index contributed by atoms with van der Waals surface area (Å²) in [6.45, 7) is 23.9. The summed E-state index contributed by atoms with van der Waals surface area (Å²) < 4.78 is 29.4. The molecule has 1 saturated heterocycles. The largest absolute Gasteiger partial charge is 0.479 e. The highest BCUT2D eigenvalue weighted by molar-refractivity contribution is 7.79. The summed E-state index contributed by atoms with van der Waals surface area (Å²) in [5, 5.41) is 29.9. The maximum absolute atomic E-state index is 12.5. The topological polar surface area (TPSA) is 276 Å². The zero-order chi connectivity index (χ0) is 48.7. The first-order valence-electron chi connectivity index (χ1n) is 21.3. The Morgan fingerprint density at radius 1 is 1.06 bits per heavy atom. The standard InChI is InChI=1S/C25H35N3O9.C11H17N3O3S.C4H10.2C2H6/c1-14(2)23(27-15(3)30)24(33)26-11-22(32)28-18-6-4-17(12-36-13-29)16(8-18)5-7-20-9-19(31)10-21(37-20)25(34)35;1-9-3-4-11(15)14(9)8-10(12)7-13-5-2-6-18(16)17;1-4(2)3;2*1-2/h4,6,8,13-14,19-21,23,31H,5,7,9-12H2,1-3H3,(H,26,33)(H,27,30)(H,28,32)(H,34,35);3-4,7,13H,1-2,5-6,8,12H2,(H,16,17);4H,1-3H3;2*1-2H3/b;10-7-;;;. The van der Waals surface area contributed by atoms with Gasteiger partial charge in [-0.1, -0.05) is 75.0 Å². The normalized spacial score (nSPS) is 17.5. The fraction of sp³-hybridized carbons (Fsp3) is 0.591. The third-order valence-electron chi connectivity index (χ3n) is 8.22. The monoisotopic (exact) mass is 911 g/mol. The van der Waals surface area contributed by atoms with E-state index in [0.717, 1.165) is 11.5 Å². The Balaban J connectivity index is 0. The maximum Gasteiger partial charge on any atom is 0.332 e. The molecule has 0 bridgehead atoms. The lowest BCUT2D eigenvalue weighted by atomic mass is 9.94. The zero-order valence-electron chi connectivity index (χ0n) is 38.7. The average Bonchev–Trinajstić information content (AvgIpc) is 3.53. The van der Waals surface area contributed by atoms with Crippen LogP contribution < -0.4 is 27.0 Å². The molecule has 2 heterocycles. The molecular formula is C44H74N6O12S. The number of aliphatic hydroxyl groups is 1. The number of nitrogens with zero attached hydrogens (tertiary/aromatic N) is 1. The lowest BCUT2D eigenvalue weighted by Crippen LogP contribution is -2.50. The summed E-state index contributed by atoms with van der Waals surface area (Å²) in [5.74, 6) is -1.68. The number of hydrogen-bond acceptors (Lipinski definition) is 12. The highest BCUT2D eigenvalue weighted by atomic mass is 32.2. The van der Waals surface area contributed by atoms with Crippen molar-refractivity contribution in [2.45, 2.75) is 132 Å². The van der Waals surface area contributed by atoms with Gasteiger partial charge in [0.15, 0.2) is 17.2 Å². The van der Waals surface area contributed by atoms with Crippen LogP contribution >= 0.6 is 0 Å². The first-order chi connectivity index (χ1) is 29.7. The molecule has 1 aromatic rings. The predicted molar refractivity (Wildman–Crippen MR) is 245 cm³/mol. The van der Waals surface area contributed by atoms with Gasteiger partial charge in [0.1, 0.15) is 12.6 Å². The molecule has 1 aromatic carbocycles. The minimum Gasteiger partial charge on any atom is -0.479 e. The number of hydrogen-bond donors (Lipinski definition) is 8. The van der Waals surface area contributed by atoms with Gasteiger partial charge in [-0.25, -0.2) is 9.00 Å². The molecule has 1 fully saturated rings. The number of rotatable bonds is 20. The molecule has 9 N–H and O–H groups in total. The molecule has 5 atom stereocenters. The highest BCUT2D eigenvalue weighted by Gasteiger charge is 2.32. The van der Waals surface area contributed by atoms with Crippen LogP contribution in [0, 0.1) is 11.8 Å². The van der Waals surface area contributed by atoms with Gasteiger partial charge in [-0.2, -0.15) is 0 Å². The summed E-state index contributed by atoms with van der Waals surface area (Å²) >= 11 is -1.76. The van der Waals surface area contributed by atoms with Crippen molar-refractivity contribution in [3.05, 3.63) is 65.7 Å². The van der Waals surface area contributed by atoms with Crippen molar-refractivity contribution in [3.8, 4) is 0 Å². The molecule has 18 nitrogen and oxygen atoms in total. The van der Waals surface area contributed by atoms with Crippen LogP contribution in [-0.2, 0) is 62.3 Å². The van der Waals surface area contributed by atoms with Crippen molar-refractivity contribution >= 4 is 52.8 Å². The van der Waals surface area contributed by atoms with Crippen molar-refractivity contribution in [1.82, 2.24) is 20.9 Å². The Morgan fingerprint density at radius 3 is 2.22 bits per heavy atom. The number of carbonyl (C=O) groups is 6. The van der Waals surface area contributed by atoms with Crippen molar-refractivity contribution in [1.29, 1.82) is 0 Å². The minimum atomic E-state index is -1.76. The Bertz CT molecular complexity index is 1650. The van der Waals surface area contributed by atoms with E-state index in [1.54, 1.807) is 44.3 Å². The van der Waals surface area contributed by atoms with Crippen LogP contribution in [0.2, 0.25) is 0 Å². The number of carbonyl (C=O) groups excluding carboxylic acids is 5. The van der Waals surface area contributed by atoms with Gasteiger partial charge in [-0.3, -0.25) is 24.0 Å². The molecule has 2 aliphatic heterocycles. The number of amides is 4. The number of aliphatic hydroxyl groups excluding tert-OH is 1. The van der Waals surface area contributed by atoms with Gasteiger partial charge >= 0.3 is 5.97 Å². The third kappa shape index (κ3) is 27.5. The molecule has 0 aliphatic carbocycles. The molecule has 19 heteroatoms. The number of carboxylic acid groups (broad SMARTS) is 1. The number of nitrogens with two attached hydrogens (primary N) is 1. The number of ether oxygens (including phenoxy) is 2. The zero-order valence-corrected chi connectivity index (χ0v) is 39.5. The van der Waals surface area contributed by atoms with Crippen molar-refractivity contribution in [2.75, 3.05) is 30.7 Å². The lowest BCUT2D eigenvalue weighted by Gasteiger charge is -2.31. The van der Waals surface area contributed by atoms with Gasteiger partial charge in [-0.15, -0.1) is 0 Å². The van der Waals surface area contributed by atoms with Crippen molar-refractivity contribution in [2.24, 2.45) is 17.6 Å². The third-order valence-corrected chi connectivity index (χ3v) is 8.85. The Morgan fingerprint density at radius 2 is 1.70 bits per heavy atom. The predicted octanol–water partition coefficient (Wildman–Crippen LogP) is 4.12. The number of benzene rings is 1.